The summed E-state index contributed by atoms with van der Waals surface area (Å²) in [5, 5.41) is 1.64. The molecule has 36 heavy (non-hydrogen) atoms. The zero-order chi connectivity index (χ0) is 26.1. The van der Waals surface area contributed by atoms with Crippen molar-refractivity contribution in [1.82, 2.24) is 0 Å². The standard InChI is InChI=1S/C31H39O4P/c1-30(2)19-12-20-31(3,4)36(30)29-21(27-23(32-5)15-10-16-24(27)33-6)13-9-14-22(29)28-25(34-7)17-11-18-26(28)35-8/h9-11,13-18H,12,19-20H2,1-8H3. The van der Waals surface area contributed by atoms with Crippen LogP contribution in [0.1, 0.15) is 47.0 Å². The third kappa shape index (κ3) is 4.57. The first kappa shape index (κ1) is 26.4. The number of benzene rings is 3. The molecule has 0 aliphatic carbocycles. The lowest BCUT2D eigenvalue weighted by Gasteiger charge is -2.51. The molecule has 0 aromatic heterocycles. The van der Waals surface area contributed by atoms with Gasteiger partial charge in [0.2, 0.25) is 0 Å². The normalized spacial score (nSPS) is 16.9. The van der Waals surface area contributed by atoms with Crippen molar-refractivity contribution in [1.29, 1.82) is 0 Å². The van der Waals surface area contributed by atoms with Crippen LogP contribution < -0.4 is 24.3 Å². The van der Waals surface area contributed by atoms with Crippen molar-refractivity contribution < 1.29 is 18.9 Å². The van der Waals surface area contributed by atoms with Crippen molar-refractivity contribution in [2.45, 2.75) is 57.3 Å². The van der Waals surface area contributed by atoms with E-state index in [0.29, 0.717) is 0 Å². The van der Waals surface area contributed by atoms with Crippen LogP contribution >= 0.6 is 7.92 Å². The summed E-state index contributed by atoms with van der Waals surface area (Å²) in [6.07, 6.45) is 3.64. The smallest absolute Gasteiger partial charge is 0.130 e. The Morgan fingerprint density at radius 1 is 0.556 bits per heavy atom. The van der Waals surface area contributed by atoms with E-state index in [9.17, 15) is 0 Å². The largest absolute Gasteiger partial charge is 0.496 e. The van der Waals surface area contributed by atoms with Crippen LogP contribution in [0.2, 0.25) is 0 Å². The van der Waals surface area contributed by atoms with Crippen molar-refractivity contribution in [3.05, 3.63) is 54.6 Å². The first-order valence-corrected chi connectivity index (χ1v) is 13.9. The monoisotopic (exact) mass is 506 g/mol. The van der Waals surface area contributed by atoms with E-state index in [2.05, 4.69) is 45.9 Å². The highest BCUT2D eigenvalue weighted by atomic mass is 31.1. The molecular formula is C31H39O4P. The molecular weight excluding hydrogens is 467 g/mol. The summed E-state index contributed by atoms with van der Waals surface area (Å²) < 4.78 is 23.6. The highest BCUT2D eigenvalue weighted by Crippen LogP contribution is 2.67. The first-order valence-electron chi connectivity index (χ1n) is 12.6. The molecule has 0 radical (unpaired) electrons. The molecule has 0 saturated carbocycles. The summed E-state index contributed by atoms with van der Waals surface area (Å²) >= 11 is 0. The molecule has 0 bridgehead atoms. The van der Waals surface area contributed by atoms with Crippen molar-refractivity contribution in [2.75, 3.05) is 28.4 Å². The van der Waals surface area contributed by atoms with E-state index in [1.807, 2.05) is 36.4 Å². The van der Waals surface area contributed by atoms with Gasteiger partial charge in [0.25, 0.3) is 0 Å². The van der Waals surface area contributed by atoms with Gasteiger partial charge in [0.1, 0.15) is 23.0 Å². The Bertz CT molecular complexity index is 1100. The van der Waals surface area contributed by atoms with Crippen LogP contribution in [-0.2, 0) is 0 Å². The predicted octanol–water partition coefficient (Wildman–Crippen LogP) is 7.90. The lowest BCUT2D eigenvalue weighted by Crippen LogP contribution is -2.40. The molecule has 0 unspecified atom stereocenters. The van der Waals surface area contributed by atoms with Crippen LogP contribution in [0, 0.1) is 0 Å². The second kappa shape index (κ2) is 10.3. The number of hydrogen-bond donors (Lipinski definition) is 0. The molecule has 0 N–H and O–H groups in total. The number of methoxy groups -OCH3 is 4. The van der Waals surface area contributed by atoms with E-state index < -0.39 is 7.92 Å². The lowest BCUT2D eigenvalue weighted by atomic mass is 9.95. The van der Waals surface area contributed by atoms with E-state index in [1.165, 1.54) is 24.6 Å². The van der Waals surface area contributed by atoms with Gasteiger partial charge in [0.05, 0.1) is 39.6 Å². The molecule has 0 amide bonds. The van der Waals surface area contributed by atoms with Crippen LogP contribution in [0.5, 0.6) is 23.0 Å². The Morgan fingerprint density at radius 3 is 1.22 bits per heavy atom. The average molecular weight is 507 g/mol. The first-order chi connectivity index (χ1) is 17.2. The predicted molar refractivity (Wildman–Crippen MR) is 152 cm³/mol. The highest BCUT2D eigenvalue weighted by Gasteiger charge is 2.46. The Hall–Kier alpha value is -2.71. The zero-order valence-electron chi connectivity index (χ0n) is 22.9. The molecule has 4 rings (SSSR count). The van der Waals surface area contributed by atoms with Crippen molar-refractivity contribution in [3.8, 4) is 45.3 Å². The van der Waals surface area contributed by atoms with Gasteiger partial charge in [0.15, 0.2) is 0 Å². The van der Waals surface area contributed by atoms with Crippen molar-refractivity contribution >= 4 is 13.2 Å². The zero-order valence-corrected chi connectivity index (χ0v) is 23.8. The molecule has 4 nitrogen and oxygen atoms in total. The van der Waals surface area contributed by atoms with Gasteiger partial charge in [-0.15, -0.1) is 0 Å². The molecule has 1 fully saturated rings. The maximum absolute atomic E-state index is 5.90. The molecule has 3 aromatic rings. The summed E-state index contributed by atoms with van der Waals surface area (Å²) in [6.45, 7) is 9.77. The highest BCUT2D eigenvalue weighted by molar-refractivity contribution is 7.69. The van der Waals surface area contributed by atoms with Gasteiger partial charge in [-0.2, -0.15) is 0 Å². The van der Waals surface area contributed by atoms with Crippen molar-refractivity contribution in [2.24, 2.45) is 0 Å². The molecule has 1 aliphatic heterocycles. The van der Waals surface area contributed by atoms with E-state index in [1.54, 1.807) is 28.4 Å². The Kier molecular flexibility index (Phi) is 7.57. The van der Waals surface area contributed by atoms with E-state index in [0.717, 1.165) is 45.3 Å². The molecule has 1 aliphatic rings. The molecule has 0 atom stereocenters. The van der Waals surface area contributed by atoms with Gasteiger partial charge < -0.3 is 18.9 Å². The van der Waals surface area contributed by atoms with Crippen LogP contribution in [0.4, 0.5) is 0 Å². The third-order valence-corrected chi connectivity index (χ3v) is 11.2. The SMILES string of the molecule is COc1cccc(OC)c1-c1cccc(-c2c(OC)cccc2OC)c1P1C(C)(C)CCCC1(C)C. The maximum atomic E-state index is 5.90. The van der Waals surface area contributed by atoms with Gasteiger partial charge in [-0.1, -0.05) is 72.4 Å². The van der Waals surface area contributed by atoms with Crippen LogP contribution in [-0.4, -0.2) is 38.8 Å². The Labute approximate surface area is 217 Å². The summed E-state index contributed by atoms with van der Waals surface area (Å²) in [6, 6.07) is 18.6. The van der Waals surface area contributed by atoms with Crippen LogP contribution in [0.15, 0.2) is 54.6 Å². The quantitative estimate of drug-likeness (QED) is 0.305. The Morgan fingerprint density at radius 2 is 0.889 bits per heavy atom. The topological polar surface area (TPSA) is 36.9 Å². The van der Waals surface area contributed by atoms with Gasteiger partial charge in [-0.3, -0.25) is 0 Å². The third-order valence-electron chi connectivity index (χ3n) is 7.44. The second-order valence-electron chi connectivity index (χ2n) is 10.6. The van der Waals surface area contributed by atoms with Gasteiger partial charge >= 0.3 is 0 Å². The van der Waals surface area contributed by atoms with E-state index in [4.69, 9.17) is 18.9 Å². The number of hydrogen-bond acceptors (Lipinski definition) is 4. The van der Waals surface area contributed by atoms with Gasteiger partial charge in [0, 0.05) is 0 Å². The summed E-state index contributed by atoms with van der Waals surface area (Å²) in [5.41, 5.74) is 4.30. The van der Waals surface area contributed by atoms with E-state index in [-0.39, 0.29) is 10.3 Å². The minimum absolute atomic E-state index is 0.145. The fraction of sp³-hybridized carbons (Fsp3) is 0.419. The van der Waals surface area contributed by atoms with Crippen LogP contribution in [0.3, 0.4) is 0 Å². The minimum atomic E-state index is -0.634. The second-order valence-corrected chi connectivity index (χ2v) is 14.1. The molecule has 0 spiro atoms. The minimum Gasteiger partial charge on any atom is -0.496 e. The summed E-state index contributed by atoms with van der Waals surface area (Å²) in [4.78, 5) is 0. The van der Waals surface area contributed by atoms with Crippen LogP contribution in [0.25, 0.3) is 22.3 Å². The summed E-state index contributed by atoms with van der Waals surface area (Å²) in [5.74, 6) is 3.23. The molecule has 192 valence electrons. The molecule has 1 heterocycles. The molecule has 3 aromatic carbocycles. The fourth-order valence-corrected chi connectivity index (χ4v) is 10.5. The van der Waals surface area contributed by atoms with Gasteiger partial charge in [-0.25, -0.2) is 0 Å². The molecule has 5 heteroatoms. The lowest BCUT2D eigenvalue weighted by molar-refractivity contribution is 0.397. The fourth-order valence-electron chi connectivity index (χ4n) is 6.02. The summed E-state index contributed by atoms with van der Waals surface area (Å²) in [7, 11) is 6.27. The number of ether oxygens (including phenoxy) is 4. The van der Waals surface area contributed by atoms with Crippen molar-refractivity contribution in [3.63, 3.8) is 0 Å². The Balaban J connectivity index is 2.18. The average Bonchev–Trinajstić information content (AvgIpc) is 2.86. The number of rotatable bonds is 7. The molecule has 1 saturated heterocycles. The van der Waals surface area contributed by atoms with E-state index >= 15 is 0 Å². The maximum Gasteiger partial charge on any atom is 0.130 e. The van der Waals surface area contributed by atoms with Gasteiger partial charge in [-0.05, 0) is 63.9 Å².